The van der Waals surface area contributed by atoms with Crippen LogP contribution in [0.1, 0.15) is 37.4 Å². The quantitative estimate of drug-likeness (QED) is 0.448. The van der Waals surface area contributed by atoms with Gasteiger partial charge in [0.2, 0.25) is 21.8 Å². The molecule has 1 atom stereocenters. The maximum Gasteiger partial charge on any atom is 0.295 e. The lowest BCUT2D eigenvalue weighted by atomic mass is 9.99. The molecule has 1 fully saturated rings. The van der Waals surface area contributed by atoms with Crippen molar-refractivity contribution in [3.8, 4) is 5.69 Å². The molecule has 2 aromatic carbocycles. The van der Waals surface area contributed by atoms with Crippen molar-refractivity contribution in [1.29, 1.82) is 0 Å². The first-order valence-electron chi connectivity index (χ1n) is 13.3. The third-order valence-electron chi connectivity index (χ3n) is 7.81. The molecule has 0 radical (unpaired) electrons. The maximum absolute atomic E-state index is 13.8. The monoisotopic (exact) mass is 629 g/mol. The summed E-state index contributed by atoms with van der Waals surface area (Å²) in [5.74, 6) is -1.07. The lowest BCUT2D eigenvalue weighted by Gasteiger charge is -2.31. The van der Waals surface area contributed by atoms with E-state index in [1.807, 2.05) is 30.3 Å². The van der Waals surface area contributed by atoms with E-state index in [0.29, 0.717) is 53.8 Å². The van der Waals surface area contributed by atoms with Gasteiger partial charge in [0.15, 0.2) is 0 Å². The van der Waals surface area contributed by atoms with Gasteiger partial charge in [0, 0.05) is 43.3 Å². The van der Waals surface area contributed by atoms with Crippen molar-refractivity contribution in [2.45, 2.75) is 44.4 Å². The van der Waals surface area contributed by atoms with Crippen molar-refractivity contribution in [2.24, 2.45) is 13.0 Å². The highest BCUT2D eigenvalue weighted by Gasteiger charge is 2.36. The molecule has 12 heteroatoms. The summed E-state index contributed by atoms with van der Waals surface area (Å²) < 4.78 is 32.5. The van der Waals surface area contributed by atoms with E-state index in [0.717, 1.165) is 5.56 Å². The predicted molar refractivity (Wildman–Crippen MR) is 156 cm³/mol. The number of nitrogens with zero attached hydrogens (tertiary/aromatic N) is 4. The topological polar surface area (TPSA) is 114 Å². The lowest BCUT2D eigenvalue weighted by molar-refractivity contribution is -0.121. The zero-order valence-electron chi connectivity index (χ0n) is 22.7. The van der Waals surface area contributed by atoms with Crippen molar-refractivity contribution >= 4 is 49.1 Å². The number of amides is 2. The van der Waals surface area contributed by atoms with Gasteiger partial charge in [-0.1, -0.05) is 25.1 Å². The van der Waals surface area contributed by atoms with Crippen molar-refractivity contribution < 1.29 is 18.0 Å². The fraction of sp³-hybridized carbons (Fsp3) is 0.393. The minimum Gasteiger partial charge on any atom is -0.320 e. The summed E-state index contributed by atoms with van der Waals surface area (Å²) >= 11 is 3.43. The number of fused-ring (bicyclic) bond motifs is 1. The Hall–Kier alpha value is -3.22. The van der Waals surface area contributed by atoms with E-state index in [4.69, 9.17) is 0 Å². The third-order valence-corrected chi connectivity index (χ3v) is 10.6. The van der Waals surface area contributed by atoms with Gasteiger partial charge in [-0.2, -0.15) is 4.31 Å². The van der Waals surface area contributed by atoms with Gasteiger partial charge >= 0.3 is 0 Å². The standard InChI is InChI=1S/C28H32BrN5O5S/c1-4-25(35)33-14-12-19-15-22(29)24(16-23(19)33)40(38,39)32-13-8-9-20(17-32)27(36)30-26-18(2)31(3)34(28(26)37)21-10-6-5-7-11-21/h5-7,10-11,15-16,20H,4,8-9,12-14,17H2,1-3H3,(H,30,36). The van der Waals surface area contributed by atoms with E-state index < -0.39 is 21.8 Å². The number of aromatic nitrogens is 2. The molecule has 0 saturated carbocycles. The molecule has 2 aliphatic heterocycles. The van der Waals surface area contributed by atoms with Crippen LogP contribution in [0, 0.1) is 12.8 Å². The Labute approximate surface area is 241 Å². The molecule has 10 nitrogen and oxygen atoms in total. The second-order valence-corrected chi connectivity index (χ2v) is 12.9. The highest BCUT2D eigenvalue weighted by atomic mass is 79.9. The molecule has 0 spiro atoms. The van der Waals surface area contributed by atoms with E-state index in [1.54, 1.807) is 42.6 Å². The number of carbonyl (C=O) groups excluding carboxylic acids is 2. The number of para-hydroxylation sites is 1. The summed E-state index contributed by atoms with van der Waals surface area (Å²) in [5.41, 5.74) is 2.63. The Morgan fingerprint density at radius 2 is 1.85 bits per heavy atom. The molecule has 1 N–H and O–H groups in total. The number of benzene rings is 2. The van der Waals surface area contributed by atoms with Gasteiger partial charge in [-0.25, -0.2) is 13.1 Å². The van der Waals surface area contributed by atoms with E-state index in [-0.39, 0.29) is 35.1 Å². The number of carbonyl (C=O) groups is 2. The second kappa shape index (κ2) is 11.0. The zero-order valence-corrected chi connectivity index (χ0v) is 25.1. The van der Waals surface area contributed by atoms with Crippen LogP contribution in [-0.4, -0.2) is 53.5 Å². The van der Waals surface area contributed by atoms with E-state index in [1.165, 1.54) is 8.99 Å². The average molecular weight is 631 g/mol. The van der Waals surface area contributed by atoms with Crippen LogP contribution in [0.4, 0.5) is 11.4 Å². The molecule has 1 saturated heterocycles. The molecule has 5 rings (SSSR count). The molecule has 40 heavy (non-hydrogen) atoms. The maximum atomic E-state index is 13.8. The van der Waals surface area contributed by atoms with Crippen molar-refractivity contribution in [3.05, 3.63) is 68.5 Å². The van der Waals surface area contributed by atoms with Crippen molar-refractivity contribution in [3.63, 3.8) is 0 Å². The van der Waals surface area contributed by atoms with E-state index in [9.17, 15) is 22.8 Å². The average Bonchev–Trinajstić information content (AvgIpc) is 3.46. The summed E-state index contributed by atoms with van der Waals surface area (Å²) in [6, 6.07) is 12.5. The van der Waals surface area contributed by atoms with Gasteiger partial charge in [0.1, 0.15) is 5.69 Å². The Morgan fingerprint density at radius 3 is 2.55 bits per heavy atom. The number of piperidine rings is 1. The summed E-state index contributed by atoms with van der Waals surface area (Å²) in [6.45, 7) is 4.33. The number of hydrogen-bond donors (Lipinski definition) is 1. The predicted octanol–water partition coefficient (Wildman–Crippen LogP) is 3.59. The molecular weight excluding hydrogens is 598 g/mol. The van der Waals surface area contributed by atoms with Gasteiger partial charge < -0.3 is 10.2 Å². The number of halogens is 1. The van der Waals surface area contributed by atoms with Crippen LogP contribution in [-0.2, 0) is 33.1 Å². The highest BCUT2D eigenvalue weighted by Crippen LogP contribution is 2.37. The molecule has 2 amide bonds. The molecule has 212 valence electrons. The molecule has 3 heterocycles. The van der Waals surface area contributed by atoms with Gasteiger partial charge in [0.25, 0.3) is 5.56 Å². The number of rotatable bonds is 6. The molecule has 1 unspecified atom stereocenters. The summed E-state index contributed by atoms with van der Waals surface area (Å²) in [7, 11) is -2.22. The highest BCUT2D eigenvalue weighted by molar-refractivity contribution is 9.10. The van der Waals surface area contributed by atoms with E-state index in [2.05, 4.69) is 21.2 Å². The van der Waals surface area contributed by atoms with Crippen LogP contribution in [0.5, 0.6) is 0 Å². The van der Waals surface area contributed by atoms with Crippen molar-refractivity contribution in [1.82, 2.24) is 13.7 Å². The van der Waals surface area contributed by atoms with Gasteiger partial charge in [-0.3, -0.25) is 19.1 Å². The lowest BCUT2D eigenvalue weighted by Crippen LogP contribution is -2.44. The molecule has 0 aliphatic carbocycles. The molecule has 0 bridgehead atoms. The van der Waals surface area contributed by atoms with Crippen molar-refractivity contribution in [2.75, 3.05) is 29.9 Å². The van der Waals surface area contributed by atoms with Crippen LogP contribution in [0.3, 0.4) is 0 Å². The molecule has 3 aromatic rings. The Morgan fingerprint density at radius 1 is 1.12 bits per heavy atom. The fourth-order valence-corrected chi connectivity index (χ4v) is 8.08. The molecule has 1 aromatic heterocycles. The normalized spacial score (nSPS) is 17.6. The Balaban J connectivity index is 1.38. The first kappa shape index (κ1) is 28.3. The van der Waals surface area contributed by atoms with Crippen LogP contribution < -0.4 is 15.8 Å². The third kappa shape index (κ3) is 4.92. The summed E-state index contributed by atoms with van der Waals surface area (Å²) in [4.78, 5) is 40.8. The molecular formula is C28H32BrN5O5S. The number of nitrogens with one attached hydrogen (secondary N) is 1. The Kier molecular flexibility index (Phi) is 7.77. The fourth-order valence-electron chi connectivity index (χ4n) is 5.49. The van der Waals surface area contributed by atoms with Gasteiger partial charge in [-0.15, -0.1) is 0 Å². The van der Waals surface area contributed by atoms with Crippen LogP contribution in [0.25, 0.3) is 5.69 Å². The number of hydrogen-bond acceptors (Lipinski definition) is 5. The first-order chi connectivity index (χ1) is 19.0. The number of anilines is 2. The Bertz CT molecular complexity index is 1650. The SMILES string of the molecule is CCC(=O)N1CCc2cc(Br)c(S(=O)(=O)N3CCCC(C(=O)Nc4c(C)n(C)n(-c5ccccc5)c4=O)C3)cc21. The largest absolute Gasteiger partial charge is 0.320 e. The summed E-state index contributed by atoms with van der Waals surface area (Å²) in [5, 5.41) is 2.79. The number of sulfonamides is 1. The van der Waals surface area contributed by atoms with Crippen LogP contribution in [0.2, 0.25) is 0 Å². The first-order valence-corrected chi connectivity index (χ1v) is 15.6. The molecule has 2 aliphatic rings. The minimum absolute atomic E-state index is 0.00590. The summed E-state index contributed by atoms with van der Waals surface area (Å²) in [6.07, 6.45) is 2.00. The van der Waals surface area contributed by atoms with Crippen LogP contribution in [0.15, 0.2) is 56.6 Å². The minimum atomic E-state index is -3.97. The van der Waals surface area contributed by atoms with Crippen LogP contribution >= 0.6 is 15.9 Å². The second-order valence-electron chi connectivity index (χ2n) is 10.2. The van der Waals surface area contributed by atoms with Gasteiger partial charge in [0.05, 0.1) is 22.2 Å². The smallest absolute Gasteiger partial charge is 0.295 e. The van der Waals surface area contributed by atoms with E-state index >= 15 is 0 Å². The zero-order chi connectivity index (χ0) is 28.8. The van der Waals surface area contributed by atoms with Gasteiger partial charge in [-0.05, 0) is 71.9 Å².